The number of fused-ring (bicyclic) bond motifs is 4. The Labute approximate surface area is 239 Å². The molecule has 6 rings (SSSR count). The largest absolute Gasteiger partial charge is 0.503 e. The quantitative estimate of drug-likeness (QED) is 0.450. The molecule has 5 heterocycles. The van der Waals surface area contributed by atoms with E-state index in [1.54, 1.807) is 24.3 Å². The van der Waals surface area contributed by atoms with Crippen molar-refractivity contribution in [2.75, 3.05) is 52.4 Å². The van der Waals surface area contributed by atoms with Gasteiger partial charge >= 0.3 is 0 Å². The number of pyridine rings is 2. The molecule has 0 saturated carbocycles. The lowest BCUT2D eigenvalue weighted by molar-refractivity contribution is 0.107. The third-order valence-electron chi connectivity index (χ3n) is 8.91. The van der Waals surface area contributed by atoms with Crippen molar-refractivity contribution >= 4 is 0 Å². The smallest absolute Gasteiger partial charge is 0.250 e. The molecule has 1 N–H and O–H groups in total. The van der Waals surface area contributed by atoms with Gasteiger partial charge in [-0.25, -0.2) is 4.39 Å². The number of piperazine rings is 1. The molecule has 3 aromatic rings. The van der Waals surface area contributed by atoms with Gasteiger partial charge in [-0.2, -0.15) is 0 Å². The van der Waals surface area contributed by atoms with Crippen LogP contribution in [-0.2, 0) is 26.7 Å². The molecule has 2 unspecified atom stereocenters. The van der Waals surface area contributed by atoms with E-state index in [1.807, 2.05) is 22.2 Å². The summed E-state index contributed by atoms with van der Waals surface area (Å²) in [4.78, 5) is 32.2. The molecule has 0 aliphatic carbocycles. The lowest BCUT2D eigenvalue weighted by atomic mass is 9.83. The lowest BCUT2D eigenvalue weighted by Gasteiger charge is -2.43. The van der Waals surface area contributed by atoms with Gasteiger partial charge in [0.2, 0.25) is 5.43 Å². The van der Waals surface area contributed by atoms with Gasteiger partial charge in [-0.1, -0.05) is 6.07 Å². The average Bonchev–Trinajstić information content (AvgIpc) is 2.96. The molecule has 2 atom stereocenters. The summed E-state index contributed by atoms with van der Waals surface area (Å²) in [5.74, 6) is 0.931. The van der Waals surface area contributed by atoms with E-state index >= 15 is 0 Å². The summed E-state index contributed by atoms with van der Waals surface area (Å²) in [5, 5.41) is 10.7. The second-order valence-corrected chi connectivity index (χ2v) is 11.7. The Morgan fingerprint density at radius 3 is 2.46 bits per heavy atom. The second kappa shape index (κ2) is 11.8. The van der Waals surface area contributed by atoms with Gasteiger partial charge in [-0.15, -0.1) is 0 Å². The Kier molecular flexibility index (Phi) is 7.96. The van der Waals surface area contributed by atoms with Gasteiger partial charge in [-0.05, 0) is 42.7 Å². The molecule has 2 fully saturated rings. The first-order valence-corrected chi connectivity index (χ1v) is 14.5. The molecule has 2 saturated heterocycles. The second-order valence-electron chi connectivity index (χ2n) is 11.7. The number of hydrogen-bond donors (Lipinski definition) is 1. The van der Waals surface area contributed by atoms with E-state index in [9.17, 15) is 19.1 Å². The molecule has 2 aromatic heterocycles. The molecule has 9 nitrogen and oxygen atoms in total. The molecule has 10 heteroatoms. The minimum Gasteiger partial charge on any atom is -0.503 e. The van der Waals surface area contributed by atoms with Gasteiger partial charge in [-0.3, -0.25) is 24.3 Å². The Morgan fingerprint density at radius 1 is 0.927 bits per heavy atom. The van der Waals surface area contributed by atoms with Crippen LogP contribution < -0.4 is 15.7 Å². The summed E-state index contributed by atoms with van der Waals surface area (Å²) in [5.41, 5.74) is 2.40. The molecule has 2 bridgehead atoms. The lowest BCUT2D eigenvalue weighted by Crippen LogP contribution is -2.47. The highest BCUT2D eigenvalue weighted by atomic mass is 19.1. The van der Waals surface area contributed by atoms with Crippen LogP contribution in [0.25, 0.3) is 0 Å². The molecule has 3 aliphatic rings. The van der Waals surface area contributed by atoms with Crippen LogP contribution >= 0.6 is 0 Å². The Hall–Kier alpha value is -3.47. The fourth-order valence-electron chi connectivity index (χ4n) is 6.68. The highest BCUT2D eigenvalue weighted by Crippen LogP contribution is 2.35. The summed E-state index contributed by atoms with van der Waals surface area (Å²) in [6.45, 7) is 8.29. The van der Waals surface area contributed by atoms with Crippen LogP contribution in [0.15, 0.2) is 58.1 Å². The molecule has 1 aromatic carbocycles. The zero-order valence-electron chi connectivity index (χ0n) is 23.5. The maximum Gasteiger partial charge on any atom is 0.250 e. The molecule has 3 aliphatic heterocycles. The standard InChI is InChI=1S/C31H38FN5O4/c1-33-25(20-36-17-22-15-23(19-36)27-3-2-4-30(39)37(27)18-22)16-29(38)31(40)28(33)21-35-11-9-34(10-12-35)13-14-41-26-7-5-24(32)6-8-26/h2-8,16,22-23,40H,9-15,17-21H2,1H3. The van der Waals surface area contributed by atoms with Gasteiger partial charge in [0, 0.05) is 102 Å². The molecule has 0 spiro atoms. The molecule has 0 radical (unpaired) electrons. The van der Waals surface area contributed by atoms with Crippen molar-refractivity contribution in [2.45, 2.75) is 32.0 Å². The normalized spacial score (nSPS) is 21.5. The number of rotatable bonds is 8. The molecule has 0 amide bonds. The van der Waals surface area contributed by atoms with E-state index in [0.29, 0.717) is 43.0 Å². The maximum atomic E-state index is 13.1. The first-order valence-electron chi connectivity index (χ1n) is 14.5. The Bertz CT molecular complexity index is 1500. The summed E-state index contributed by atoms with van der Waals surface area (Å²) in [7, 11) is 1.94. The SMILES string of the molecule is Cn1c(CN2CC3CC(C2)c2cccc(=O)n2C3)cc(=O)c(O)c1CN1CCN(CCOc2ccc(F)cc2)CC1. The van der Waals surface area contributed by atoms with E-state index in [2.05, 4.69) is 20.8 Å². The number of halogens is 1. The number of benzene rings is 1. The number of hydrogen-bond acceptors (Lipinski definition) is 7. The first-order chi connectivity index (χ1) is 19.8. The summed E-state index contributed by atoms with van der Waals surface area (Å²) < 4.78 is 22.7. The number of aromatic nitrogens is 2. The summed E-state index contributed by atoms with van der Waals surface area (Å²) in [6.07, 6.45) is 1.09. The van der Waals surface area contributed by atoms with E-state index in [1.165, 1.54) is 12.1 Å². The van der Waals surface area contributed by atoms with Crippen molar-refractivity contribution < 1.29 is 14.2 Å². The van der Waals surface area contributed by atoms with Crippen LogP contribution in [0.4, 0.5) is 4.39 Å². The molecule has 218 valence electrons. The zero-order chi connectivity index (χ0) is 28.5. The van der Waals surface area contributed by atoms with Crippen LogP contribution in [0.2, 0.25) is 0 Å². The van der Waals surface area contributed by atoms with E-state index < -0.39 is 0 Å². The zero-order valence-corrected chi connectivity index (χ0v) is 23.5. The van der Waals surface area contributed by atoms with Gasteiger partial charge in [0.15, 0.2) is 5.75 Å². The first kappa shape index (κ1) is 27.7. The van der Waals surface area contributed by atoms with Gasteiger partial charge in [0.1, 0.15) is 18.2 Å². The average molecular weight is 564 g/mol. The van der Waals surface area contributed by atoms with Crippen molar-refractivity contribution in [1.29, 1.82) is 0 Å². The van der Waals surface area contributed by atoms with E-state index in [0.717, 1.165) is 70.2 Å². The van der Waals surface area contributed by atoms with Crippen molar-refractivity contribution in [3.8, 4) is 11.5 Å². The van der Waals surface area contributed by atoms with Gasteiger partial charge in [0.25, 0.3) is 5.56 Å². The number of nitrogens with zero attached hydrogens (tertiary/aromatic N) is 5. The Morgan fingerprint density at radius 2 is 1.68 bits per heavy atom. The van der Waals surface area contributed by atoms with Crippen LogP contribution in [0.5, 0.6) is 11.5 Å². The van der Waals surface area contributed by atoms with Crippen molar-refractivity contribution in [1.82, 2.24) is 23.8 Å². The van der Waals surface area contributed by atoms with Crippen LogP contribution in [0, 0.1) is 11.7 Å². The molecule has 41 heavy (non-hydrogen) atoms. The maximum absolute atomic E-state index is 13.1. The fraction of sp³-hybridized carbons (Fsp3) is 0.484. The van der Waals surface area contributed by atoms with Crippen LogP contribution in [0.3, 0.4) is 0 Å². The third kappa shape index (κ3) is 6.10. The predicted molar refractivity (Wildman–Crippen MR) is 154 cm³/mol. The highest BCUT2D eigenvalue weighted by molar-refractivity contribution is 5.30. The molecular formula is C31H38FN5O4. The van der Waals surface area contributed by atoms with Crippen LogP contribution in [-0.4, -0.2) is 81.4 Å². The fourth-order valence-corrected chi connectivity index (χ4v) is 6.68. The van der Waals surface area contributed by atoms with E-state index in [-0.39, 0.29) is 22.6 Å². The van der Waals surface area contributed by atoms with E-state index in [4.69, 9.17) is 4.74 Å². The van der Waals surface area contributed by atoms with Gasteiger partial charge < -0.3 is 19.0 Å². The van der Waals surface area contributed by atoms with Crippen LogP contribution in [0.1, 0.15) is 29.4 Å². The van der Waals surface area contributed by atoms with Gasteiger partial charge in [0.05, 0.1) is 5.69 Å². The topological polar surface area (TPSA) is 83.2 Å². The Balaban J connectivity index is 1.06. The highest BCUT2D eigenvalue weighted by Gasteiger charge is 2.34. The summed E-state index contributed by atoms with van der Waals surface area (Å²) >= 11 is 0. The third-order valence-corrected chi connectivity index (χ3v) is 8.91. The summed E-state index contributed by atoms with van der Waals surface area (Å²) in [6, 6.07) is 13.2. The molecular weight excluding hydrogens is 525 g/mol. The number of aromatic hydroxyl groups is 1. The minimum absolute atomic E-state index is 0.0791. The minimum atomic E-state index is -0.334. The number of piperidine rings is 1. The van der Waals surface area contributed by atoms with Crippen molar-refractivity contribution in [3.05, 3.63) is 92.0 Å². The monoisotopic (exact) mass is 563 g/mol. The van der Waals surface area contributed by atoms with Crippen molar-refractivity contribution in [3.63, 3.8) is 0 Å². The predicted octanol–water partition coefficient (Wildman–Crippen LogP) is 2.21. The number of ether oxygens (including phenoxy) is 1. The number of likely N-dealkylation sites (tertiary alicyclic amines) is 1. The van der Waals surface area contributed by atoms with Crippen molar-refractivity contribution in [2.24, 2.45) is 13.0 Å².